The normalized spacial score (nSPS) is 10.2. The molecule has 18 heavy (non-hydrogen) atoms. The second kappa shape index (κ2) is 4.91. The zero-order valence-electron chi connectivity index (χ0n) is 9.61. The topological polar surface area (TPSA) is 44.5 Å². The lowest BCUT2D eigenvalue weighted by atomic mass is 10.2. The van der Waals surface area contributed by atoms with Crippen LogP contribution in [-0.4, -0.2) is 7.11 Å². The van der Waals surface area contributed by atoms with Crippen LogP contribution in [0.25, 0.3) is 0 Å². The SMILES string of the molecule is COc1ccc(Oc2c(F)cc(N)cc2F)cc1. The summed E-state index contributed by atoms with van der Waals surface area (Å²) in [7, 11) is 1.52. The van der Waals surface area contributed by atoms with Gasteiger partial charge in [0.25, 0.3) is 0 Å². The van der Waals surface area contributed by atoms with Gasteiger partial charge in [0.1, 0.15) is 11.5 Å². The van der Waals surface area contributed by atoms with Crippen LogP contribution < -0.4 is 15.2 Å². The molecule has 0 unspecified atom stereocenters. The molecule has 3 nitrogen and oxygen atoms in total. The molecule has 2 aromatic carbocycles. The van der Waals surface area contributed by atoms with Crippen LogP contribution in [-0.2, 0) is 0 Å². The molecule has 0 fully saturated rings. The Morgan fingerprint density at radius 3 is 1.94 bits per heavy atom. The van der Waals surface area contributed by atoms with Crippen LogP contribution in [0.2, 0.25) is 0 Å². The van der Waals surface area contributed by atoms with Crippen LogP contribution in [0.1, 0.15) is 0 Å². The molecule has 0 saturated heterocycles. The third kappa shape index (κ3) is 2.51. The number of halogens is 2. The van der Waals surface area contributed by atoms with Crippen molar-refractivity contribution in [3.8, 4) is 17.2 Å². The van der Waals surface area contributed by atoms with Crippen molar-refractivity contribution in [2.45, 2.75) is 0 Å². The smallest absolute Gasteiger partial charge is 0.198 e. The first-order valence-corrected chi connectivity index (χ1v) is 5.16. The summed E-state index contributed by atoms with van der Waals surface area (Å²) in [6.45, 7) is 0. The van der Waals surface area contributed by atoms with E-state index in [1.54, 1.807) is 24.3 Å². The van der Waals surface area contributed by atoms with E-state index in [2.05, 4.69) is 0 Å². The average Bonchev–Trinajstić information content (AvgIpc) is 2.34. The van der Waals surface area contributed by atoms with Gasteiger partial charge in [0.2, 0.25) is 0 Å². The first-order valence-electron chi connectivity index (χ1n) is 5.16. The number of nitrogens with two attached hydrogens (primary N) is 1. The number of nitrogen functional groups attached to an aromatic ring is 1. The fourth-order valence-electron chi connectivity index (χ4n) is 1.44. The largest absolute Gasteiger partial charge is 0.497 e. The summed E-state index contributed by atoms with van der Waals surface area (Å²) in [5.41, 5.74) is 5.31. The second-order valence-corrected chi connectivity index (χ2v) is 3.59. The Hall–Kier alpha value is -2.30. The number of benzene rings is 2. The van der Waals surface area contributed by atoms with Crippen molar-refractivity contribution in [3.63, 3.8) is 0 Å². The highest BCUT2D eigenvalue weighted by atomic mass is 19.1. The molecule has 0 aromatic heterocycles. The molecule has 94 valence electrons. The van der Waals surface area contributed by atoms with Gasteiger partial charge in [-0.05, 0) is 24.3 Å². The minimum absolute atomic E-state index is 0.00656. The highest BCUT2D eigenvalue weighted by molar-refractivity contribution is 5.45. The molecule has 0 atom stereocenters. The molecule has 0 aliphatic carbocycles. The van der Waals surface area contributed by atoms with Crippen LogP contribution in [0.15, 0.2) is 36.4 Å². The summed E-state index contributed by atoms with van der Waals surface area (Å²) >= 11 is 0. The molecule has 0 saturated carbocycles. The Labute approximate surface area is 103 Å². The van der Waals surface area contributed by atoms with Gasteiger partial charge < -0.3 is 15.2 Å². The Bertz CT molecular complexity index is 532. The molecule has 0 amide bonds. The summed E-state index contributed by atoms with van der Waals surface area (Å²) in [5.74, 6) is -1.24. The number of anilines is 1. The Morgan fingerprint density at radius 1 is 0.944 bits per heavy atom. The molecule has 0 radical (unpaired) electrons. The van der Waals surface area contributed by atoms with Crippen molar-refractivity contribution < 1.29 is 18.3 Å². The molecule has 2 rings (SSSR count). The van der Waals surface area contributed by atoms with Gasteiger partial charge in [-0.2, -0.15) is 0 Å². The number of rotatable bonds is 3. The van der Waals surface area contributed by atoms with Crippen molar-refractivity contribution in [2.24, 2.45) is 0 Å². The monoisotopic (exact) mass is 251 g/mol. The highest BCUT2D eigenvalue weighted by Crippen LogP contribution is 2.30. The van der Waals surface area contributed by atoms with E-state index in [1.165, 1.54) is 7.11 Å². The first-order chi connectivity index (χ1) is 8.60. The Balaban J connectivity index is 2.28. The fraction of sp³-hybridized carbons (Fsp3) is 0.0769. The van der Waals surface area contributed by atoms with Gasteiger partial charge in [-0.15, -0.1) is 0 Å². The third-order valence-corrected chi connectivity index (χ3v) is 2.30. The predicted molar refractivity (Wildman–Crippen MR) is 63.8 cm³/mol. The van der Waals surface area contributed by atoms with E-state index in [0.29, 0.717) is 11.5 Å². The molecule has 2 N–H and O–H groups in total. The molecule has 0 spiro atoms. The van der Waals surface area contributed by atoms with Crippen LogP contribution in [0.5, 0.6) is 17.2 Å². The van der Waals surface area contributed by atoms with Crippen molar-refractivity contribution in [2.75, 3.05) is 12.8 Å². The first kappa shape index (κ1) is 12.2. The van der Waals surface area contributed by atoms with Gasteiger partial charge in [0.15, 0.2) is 17.4 Å². The molecule has 0 heterocycles. The van der Waals surface area contributed by atoms with Crippen molar-refractivity contribution in [1.29, 1.82) is 0 Å². The Kier molecular flexibility index (Phi) is 3.32. The van der Waals surface area contributed by atoms with E-state index in [9.17, 15) is 8.78 Å². The lowest BCUT2D eigenvalue weighted by Crippen LogP contribution is -1.95. The average molecular weight is 251 g/mol. The number of ether oxygens (including phenoxy) is 2. The molecule has 0 aliphatic heterocycles. The summed E-state index contributed by atoms with van der Waals surface area (Å²) in [6.07, 6.45) is 0. The molecular formula is C13H11F2NO2. The zero-order valence-corrected chi connectivity index (χ0v) is 9.61. The quantitative estimate of drug-likeness (QED) is 0.851. The number of hydrogen-bond donors (Lipinski definition) is 1. The van der Waals surface area contributed by atoms with E-state index in [4.69, 9.17) is 15.2 Å². The fourth-order valence-corrected chi connectivity index (χ4v) is 1.44. The maximum atomic E-state index is 13.5. The minimum atomic E-state index is -0.844. The lowest BCUT2D eigenvalue weighted by molar-refractivity contribution is 0.401. The zero-order chi connectivity index (χ0) is 13.1. The van der Waals surface area contributed by atoms with Gasteiger partial charge in [0, 0.05) is 17.8 Å². The van der Waals surface area contributed by atoms with Crippen molar-refractivity contribution in [3.05, 3.63) is 48.0 Å². The standard InChI is InChI=1S/C13H11F2NO2/c1-17-9-2-4-10(5-3-9)18-13-11(14)6-8(16)7-12(13)15/h2-7H,16H2,1H3. The third-order valence-electron chi connectivity index (χ3n) is 2.30. The maximum Gasteiger partial charge on any atom is 0.198 e. The van der Waals surface area contributed by atoms with E-state index < -0.39 is 17.4 Å². The van der Waals surface area contributed by atoms with E-state index in [-0.39, 0.29) is 5.69 Å². The summed E-state index contributed by atoms with van der Waals surface area (Å²) < 4.78 is 37.0. The predicted octanol–water partition coefficient (Wildman–Crippen LogP) is 3.35. The van der Waals surface area contributed by atoms with Crippen molar-refractivity contribution >= 4 is 5.69 Å². The molecule has 2 aromatic rings. The van der Waals surface area contributed by atoms with Gasteiger partial charge in [-0.1, -0.05) is 0 Å². The van der Waals surface area contributed by atoms with Crippen LogP contribution in [0, 0.1) is 11.6 Å². The van der Waals surface area contributed by atoms with Gasteiger partial charge in [-0.3, -0.25) is 0 Å². The van der Waals surface area contributed by atoms with E-state index >= 15 is 0 Å². The highest BCUT2D eigenvalue weighted by Gasteiger charge is 2.12. The van der Waals surface area contributed by atoms with E-state index in [1.807, 2.05) is 0 Å². The Morgan fingerprint density at radius 2 is 1.44 bits per heavy atom. The molecular weight excluding hydrogens is 240 g/mol. The van der Waals surface area contributed by atoms with Gasteiger partial charge in [-0.25, -0.2) is 8.78 Å². The molecule has 0 bridgehead atoms. The van der Waals surface area contributed by atoms with Gasteiger partial charge in [0.05, 0.1) is 7.11 Å². The second-order valence-electron chi connectivity index (χ2n) is 3.59. The minimum Gasteiger partial charge on any atom is -0.497 e. The summed E-state index contributed by atoms with van der Waals surface area (Å²) in [6, 6.07) is 8.36. The van der Waals surface area contributed by atoms with Crippen molar-refractivity contribution in [1.82, 2.24) is 0 Å². The summed E-state index contributed by atoms with van der Waals surface area (Å²) in [4.78, 5) is 0. The van der Waals surface area contributed by atoms with Crippen LogP contribution in [0.4, 0.5) is 14.5 Å². The van der Waals surface area contributed by atoms with E-state index in [0.717, 1.165) is 12.1 Å². The van der Waals surface area contributed by atoms with Crippen LogP contribution in [0.3, 0.4) is 0 Å². The lowest BCUT2D eigenvalue weighted by Gasteiger charge is -2.09. The number of methoxy groups -OCH3 is 1. The van der Waals surface area contributed by atoms with Gasteiger partial charge >= 0.3 is 0 Å². The summed E-state index contributed by atoms with van der Waals surface area (Å²) in [5, 5.41) is 0. The molecule has 5 heteroatoms. The maximum absolute atomic E-state index is 13.5. The number of hydrogen-bond acceptors (Lipinski definition) is 3. The molecule has 0 aliphatic rings. The van der Waals surface area contributed by atoms with Crippen LogP contribution >= 0.6 is 0 Å².